The fraction of sp³-hybridized carbons (Fsp3) is 0.378. The summed E-state index contributed by atoms with van der Waals surface area (Å²) in [5.41, 5.74) is -6.40. The third-order valence-electron chi connectivity index (χ3n) is 15.0. The highest BCUT2D eigenvalue weighted by Gasteiger charge is 2.33. The van der Waals surface area contributed by atoms with Crippen LogP contribution in [0.25, 0.3) is 22.3 Å². The molecular formula is C74H80F8N8O4S2. The number of fused-ring (bicyclic) bond motifs is 2. The molecule has 96 heavy (non-hydrogen) atoms. The third kappa shape index (κ3) is 19.0. The zero-order valence-corrected chi connectivity index (χ0v) is 54.2. The number of alkyl halides is 6. The van der Waals surface area contributed by atoms with E-state index in [9.17, 15) is 59.8 Å². The Kier molecular flexibility index (Phi) is 15.9. The van der Waals surface area contributed by atoms with Crippen LogP contribution in [0.2, 0.25) is 0 Å². The van der Waals surface area contributed by atoms with Crippen molar-refractivity contribution >= 4 is 35.3 Å². The van der Waals surface area contributed by atoms with Crippen molar-refractivity contribution in [3.63, 3.8) is 0 Å². The number of amides is 2. The van der Waals surface area contributed by atoms with E-state index in [4.69, 9.17) is 27.4 Å². The van der Waals surface area contributed by atoms with Gasteiger partial charge in [-0.05, 0) is 169 Å². The predicted octanol–water partition coefficient (Wildman–Crippen LogP) is 15.0. The molecule has 6 aromatic carbocycles. The first kappa shape index (κ1) is 46.3. The zero-order valence-electron chi connectivity index (χ0n) is 76.6. The number of likely N-dealkylation sites (N-methyl/N-ethyl adjacent to an activating group) is 2. The van der Waals surface area contributed by atoms with E-state index in [-0.39, 0.29) is 27.4 Å². The van der Waals surface area contributed by atoms with Crippen LogP contribution in [0.5, 0.6) is 0 Å². The van der Waals surface area contributed by atoms with Crippen LogP contribution >= 0.6 is 23.5 Å². The molecule has 1 atom stereocenters. The Morgan fingerprint density at radius 1 is 0.573 bits per heavy atom. The molecule has 22 heteroatoms. The highest BCUT2D eigenvalue weighted by molar-refractivity contribution is 7.98. The molecule has 0 fully saturated rings. The zero-order chi connectivity index (χ0) is 90.2. The van der Waals surface area contributed by atoms with Crippen LogP contribution in [0, 0.1) is 24.5 Å². The molecule has 10 rings (SSSR count). The highest BCUT2D eigenvalue weighted by Crippen LogP contribution is 2.35. The van der Waals surface area contributed by atoms with Gasteiger partial charge in [-0.15, -0.1) is 0 Å². The van der Waals surface area contributed by atoms with Crippen molar-refractivity contribution in [1.82, 2.24) is 38.7 Å². The maximum atomic E-state index is 14.7. The average molecular weight is 1390 g/mol. The molecule has 0 saturated carbocycles. The summed E-state index contributed by atoms with van der Waals surface area (Å²) in [6, 6.07) is 11.9. The van der Waals surface area contributed by atoms with Gasteiger partial charge in [-0.2, -0.15) is 36.3 Å². The first-order chi connectivity index (χ1) is 54.9. The van der Waals surface area contributed by atoms with Gasteiger partial charge in [-0.3, -0.25) is 19.2 Å². The largest absolute Gasteiger partial charge is 0.416 e. The van der Waals surface area contributed by atoms with Gasteiger partial charge in [0, 0.05) is 91.0 Å². The normalized spacial score (nSPS) is 20.0. The van der Waals surface area contributed by atoms with E-state index in [1.54, 1.807) is 0 Å². The number of hydrogen-bond acceptors (Lipinski definition) is 10. The van der Waals surface area contributed by atoms with Crippen molar-refractivity contribution in [1.29, 1.82) is 0 Å². The Bertz CT molecular complexity index is 5250. The summed E-state index contributed by atoms with van der Waals surface area (Å²) in [5, 5.41) is -0.248. The number of carbonyl (C=O) groups is 2. The molecule has 2 aliphatic carbocycles. The van der Waals surface area contributed by atoms with Crippen LogP contribution in [0.15, 0.2) is 159 Å². The van der Waals surface area contributed by atoms with Crippen LogP contribution in [-0.2, 0) is 85.1 Å². The summed E-state index contributed by atoms with van der Waals surface area (Å²) in [7, 11) is 0. The number of benzene rings is 6. The van der Waals surface area contributed by atoms with Crippen LogP contribution in [0.3, 0.4) is 0 Å². The fourth-order valence-corrected chi connectivity index (χ4v) is 11.9. The van der Waals surface area contributed by atoms with Gasteiger partial charge in [0.25, 0.3) is 11.1 Å². The second kappa shape index (κ2) is 32.9. The number of thioether (sulfide) groups is 2. The predicted molar refractivity (Wildman–Crippen MR) is 362 cm³/mol. The molecular weight excluding hydrogens is 1280 g/mol. The lowest BCUT2D eigenvalue weighted by atomic mass is 9.98. The molecule has 0 aliphatic heterocycles. The van der Waals surface area contributed by atoms with Gasteiger partial charge in [0.2, 0.25) is 11.8 Å². The van der Waals surface area contributed by atoms with Gasteiger partial charge in [-0.25, -0.2) is 8.78 Å². The molecule has 2 amide bonds. The van der Waals surface area contributed by atoms with Crippen LogP contribution in [0.1, 0.15) is 135 Å². The molecule has 12 nitrogen and oxygen atoms in total. The van der Waals surface area contributed by atoms with E-state index in [0.29, 0.717) is 62.6 Å². The average Bonchev–Trinajstić information content (AvgIpc) is 1.52. The fourth-order valence-electron chi connectivity index (χ4n) is 9.94. The van der Waals surface area contributed by atoms with E-state index < -0.39 is 231 Å². The van der Waals surface area contributed by atoms with E-state index in [2.05, 4.69) is 9.97 Å². The number of nitrogens with zero attached hydrogens (tertiary/aromatic N) is 8. The van der Waals surface area contributed by atoms with Gasteiger partial charge >= 0.3 is 12.4 Å². The summed E-state index contributed by atoms with van der Waals surface area (Å²) >= 11 is 1.86. The summed E-state index contributed by atoms with van der Waals surface area (Å²) in [6.07, 6.45) is -14.5. The molecule has 1 unspecified atom stereocenters. The third-order valence-corrected chi connectivity index (χ3v) is 17.1. The van der Waals surface area contributed by atoms with E-state index in [1.807, 2.05) is 0 Å². The topological polar surface area (TPSA) is 117 Å². The van der Waals surface area contributed by atoms with Crippen molar-refractivity contribution in [3.05, 3.63) is 233 Å². The Morgan fingerprint density at radius 3 is 1.53 bits per heavy atom. The van der Waals surface area contributed by atoms with Crippen molar-refractivity contribution in [2.24, 2.45) is 5.89 Å². The maximum Gasteiger partial charge on any atom is 0.416 e. The van der Waals surface area contributed by atoms with Gasteiger partial charge in [-0.1, -0.05) is 149 Å². The minimum atomic E-state index is -5.31. The molecule has 2 aliphatic rings. The Morgan fingerprint density at radius 2 is 1.03 bits per heavy atom. The molecule has 0 N–H and O–H groups in total. The number of hydrogen-bond donors (Lipinski definition) is 0. The lowest BCUT2D eigenvalue weighted by molar-refractivity contribution is -0.138. The van der Waals surface area contributed by atoms with E-state index in [0.717, 1.165) is 91.6 Å². The lowest BCUT2D eigenvalue weighted by Crippen LogP contribution is -2.40. The molecule has 508 valence electrons. The Labute approximate surface area is 597 Å². The molecule has 8 aromatic rings. The lowest BCUT2D eigenvalue weighted by Gasteiger charge is -2.28. The smallest absolute Gasteiger partial charge is 0.336 e. The van der Waals surface area contributed by atoms with Gasteiger partial charge in [0.05, 0.1) is 26.2 Å². The molecule has 2 heterocycles. The molecule has 2 aromatic heterocycles. The van der Waals surface area contributed by atoms with Crippen molar-refractivity contribution in [2.75, 3.05) is 52.2 Å². The monoisotopic (exact) mass is 1380 g/mol. The first-order valence-electron chi connectivity index (χ1n) is 41.7. The number of rotatable bonds is 26. The molecule has 0 bridgehead atoms. The highest BCUT2D eigenvalue weighted by atomic mass is 32.2. The SMILES string of the molecule is [2H]C([2H])(C)N(CCN(C(=O)Cn1c(SCc2ccc(F)cc2)nc(=O)c2c1C([2H])([2H])C([2H])(C)C2([2H])[2H])C([2H])([2H])c1ccc(-c2ccc(C(F)(F)F)cc2)cc1)C([2H])([2H])C.[2H]c1c([2H])c(C(F)(F)F)c([2H])c([2H])c1-c1c([2H])c([2H])c(C([2H])([2H])N(CCN(C([2H])([2H])C)C([2H])([2H])C)C(=O)Cn2c(SCc3ccc(F)cc3)nc(=O)c3c2CCC3)c(C)c1[2H]. The van der Waals surface area contributed by atoms with Crippen LogP contribution in [0.4, 0.5) is 35.1 Å². The minimum Gasteiger partial charge on any atom is -0.336 e. The Hall–Kier alpha value is -7.92. The quantitative estimate of drug-likeness (QED) is 0.0295. The van der Waals surface area contributed by atoms with Gasteiger partial charge in [0.15, 0.2) is 10.3 Å². The van der Waals surface area contributed by atoms with Crippen molar-refractivity contribution in [2.45, 2.75) is 134 Å². The van der Waals surface area contributed by atoms with Crippen molar-refractivity contribution in [3.8, 4) is 22.3 Å². The number of carbonyl (C=O) groups excluding carboxylic acids is 2. The van der Waals surface area contributed by atoms with Gasteiger partial charge < -0.3 is 28.7 Å². The van der Waals surface area contributed by atoms with E-state index in [1.165, 1.54) is 89.5 Å². The van der Waals surface area contributed by atoms with Crippen LogP contribution < -0.4 is 11.1 Å². The summed E-state index contributed by atoms with van der Waals surface area (Å²) in [5.74, 6) is -5.64. The molecule has 0 saturated heterocycles. The number of aromatic nitrogens is 4. The Balaban J connectivity index is 0.000000273. The number of halogens is 8. The second-order valence-electron chi connectivity index (χ2n) is 21.4. The summed E-state index contributed by atoms with van der Waals surface area (Å²) in [4.78, 5) is 66.9. The summed E-state index contributed by atoms with van der Waals surface area (Å²) < 4.78 is 318. The minimum absolute atomic E-state index is 0.00429. The van der Waals surface area contributed by atoms with E-state index >= 15 is 0 Å². The maximum absolute atomic E-state index is 14.7. The molecule has 0 radical (unpaired) electrons. The van der Waals surface area contributed by atoms with Crippen LogP contribution in [-0.4, -0.2) is 103 Å². The second-order valence-corrected chi connectivity index (χ2v) is 23.3. The molecule has 0 spiro atoms. The standard InChI is InChI=1S/2C37H40F4N4O2S/c1-4-43(5-2)18-19-44(22-26-6-10-28(11-7-26)29-12-14-30(15-13-29)37(39,40)41)34(46)23-45-33-21-25(3)20-32(33)35(47)42-36(45)48-24-27-8-16-31(38)17-9-27;1-4-43(5-2)19-20-44(22-29-12-11-28(21-25(29)3)27-13-15-30(16-14-27)37(39,40)41)34(46)23-45-33-8-6-7-32(33)35(47)42-36(45)48-24-26-9-17-31(38)18-10-26/h6-17,25H,4-5,18-24H2,1-3H3;9-18,21H,4-8,19-20,22-24H2,1-3H3/i4D2,5D2,20D2,21D2,22D2,25D;4D2,5D2,11D,12D,13D,14D,15D,16D,21D,22D2. The summed E-state index contributed by atoms with van der Waals surface area (Å²) in [6.45, 7) is -13.4. The van der Waals surface area contributed by atoms with Crippen molar-refractivity contribution < 1.29 is 77.6 Å². The van der Waals surface area contributed by atoms with Gasteiger partial charge in [0.1, 0.15) is 24.7 Å². The first-order valence-corrected chi connectivity index (χ1v) is 31.7.